The van der Waals surface area contributed by atoms with E-state index in [1.54, 1.807) is 0 Å². The van der Waals surface area contributed by atoms with Gasteiger partial charge >= 0.3 is 0 Å². The lowest BCUT2D eigenvalue weighted by molar-refractivity contribution is -0.114. The van der Waals surface area contributed by atoms with Gasteiger partial charge in [0, 0.05) is 18.7 Å². The first kappa shape index (κ1) is 12.1. The molecule has 3 heteroatoms. The van der Waals surface area contributed by atoms with Crippen molar-refractivity contribution in [3.05, 3.63) is 29.8 Å². The smallest absolute Gasteiger partial charge is 0.221 e. The highest BCUT2D eigenvalue weighted by molar-refractivity contribution is 5.88. The summed E-state index contributed by atoms with van der Waals surface area (Å²) in [5.41, 5.74) is 2.22. The molecule has 1 atom stereocenters. The number of amides is 1. The number of rotatable bonds is 4. The third-order valence-corrected chi connectivity index (χ3v) is 3.22. The fourth-order valence-corrected chi connectivity index (χ4v) is 2.30. The van der Waals surface area contributed by atoms with E-state index in [0.29, 0.717) is 6.04 Å². The van der Waals surface area contributed by atoms with Crippen molar-refractivity contribution < 1.29 is 4.79 Å². The first-order chi connectivity index (χ1) is 8.24. The van der Waals surface area contributed by atoms with Crippen LogP contribution in [0.4, 0.5) is 5.69 Å². The van der Waals surface area contributed by atoms with Crippen LogP contribution in [0.1, 0.15) is 31.7 Å². The van der Waals surface area contributed by atoms with Crippen molar-refractivity contribution in [2.24, 2.45) is 0 Å². The standard InChI is InChI=1S/C14H20N2O/c1-11(17)16-14-8-5-12(6-9-14)4-7-13-3-2-10-15-13/h5-6,8-9,13,15H,2-4,7,10H2,1H3,(H,16,17). The van der Waals surface area contributed by atoms with Crippen LogP contribution in [0.15, 0.2) is 24.3 Å². The summed E-state index contributed by atoms with van der Waals surface area (Å²) in [6, 6.07) is 8.84. The Hall–Kier alpha value is -1.35. The van der Waals surface area contributed by atoms with Gasteiger partial charge in [0.1, 0.15) is 0 Å². The van der Waals surface area contributed by atoms with Gasteiger partial charge in [-0.3, -0.25) is 4.79 Å². The number of hydrogen-bond acceptors (Lipinski definition) is 2. The van der Waals surface area contributed by atoms with Gasteiger partial charge in [-0.2, -0.15) is 0 Å². The second-order valence-electron chi connectivity index (χ2n) is 4.71. The van der Waals surface area contributed by atoms with Gasteiger partial charge in [-0.05, 0) is 49.9 Å². The van der Waals surface area contributed by atoms with Gasteiger partial charge in [0.25, 0.3) is 0 Å². The topological polar surface area (TPSA) is 41.1 Å². The molecule has 2 N–H and O–H groups in total. The maximum atomic E-state index is 10.9. The summed E-state index contributed by atoms with van der Waals surface area (Å²) >= 11 is 0. The van der Waals surface area contributed by atoms with E-state index in [2.05, 4.69) is 22.8 Å². The van der Waals surface area contributed by atoms with E-state index >= 15 is 0 Å². The molecule has 1 heterocycles. The average molecular weight is 232 g/mol. The van der Waals surface area contributed by atoms with Crippen LogP contribution < -0.4 is 10.6 Å². The molecule has 1 amide bonds. The van der Waals surface area contributed by atoms with Crippen molar-refractivity contribution in [2.75, 3.05) is 11.9 Å². The van der Waals surface area contributed by atoms with Crippen molar-refractivity contribution in [1.29, 1.82) is 0 Å². The molecular formula is C14H20N2O. The lowest BCUT2D eigenvalue weighted by Gasteiger charge is -2.10. The monoisotopic (exact) mass is 232 g/mol. The Morgan fingerprint density at radius 3 is 2.76 bits per heavy atom. The van der Waals surface area contributed by atoms with Crippen LogP contribution in [-0.4, -0.2) is 18.5 Å². The van der Waals surface area contributed by atoms with Crippen LogP contribution in [0.2, 0.25) is 0 Å². The molecule has 1 fully saturated rings. The summed E-state index contributed by atoms with van der Waals surface area (Å²) in [6.45, 7) is 2.70. The highest BCUT2D eigenvalue weighted by Gasteiger charge is 2.13. The van der Waals surface area contributed by atoms with Crippen molar-refractivity contribution in [3.8, 4) is 0 Å². The molecule has 1 saturated heterocycles. The number of aryl methyl sites for hydroxylation is 1. The van der Waals surface area contributed by atoms with Crippen molar-refractivity contribution in [3.63, 3.8) is 0 Å². The second-order valence-corrected chi connectivity index (χ2v) is 4.71. The minimum Gasteiger partial charge on any atom is -0.326 e. The largest absolute Gasteiger partial charge is 0.326 e. The molecule has 0 bridgehead atoms. The van der Waals surface area contributed by atoms with Crippen molar-refractivity contribution in [2.45, 2.75) is 38.6 Å². The van der Waals surface area contributed by atoms with Gasteiger partial charge in [-0.1, -0.05) is 12.1 Å². The Balaban J connectivity index is 1.82. The van der Waals surface area contributed by atoms with Crippen LogP contribution in [0, 0.1) is 0 Å². The lowest BCUT2D eigenvalue weighted by Crippen LogP contribution is -2.21. The van der Waals surface area contributed by atoms with E-state index in [1.165, 1.54) is 38.3 Å². The predicted molar refractivity (Wildman–Crippen MR) is 70.1 cm³/mol. The summed E-state index contributed by atoms with van der Waals surface area (Å²) in [6.07, 6.45) is 4.94. The Labute approximate surface area is 103 Å². The molecule has 1 aliphatic heterocycles. The molecule has 92 valence electrons. The molecule has 0 saturated carbocycles. The first-order valence-corrected chi connectivity index (χ1v) is 6.34. The van der Waals surface area contributed by atoms with Crippen molar-refractivity contribution >= 4 is 11.6 Å². The van der Waals surface area contributed by atoms with Gasteiger partial charge in [0.15, 0.2) is 0 Å². The molecule has 2 rings (SSSR count). The third kappa shape index (κ3) is 3.86. The van der Waals surface area contributed by atoms with Gasteiger partial charge in [-0.15, -0.1) is 0 Å². The quantitative estimate of drug-likeness (QED) is 0.836. The normalized spacial score (nSPS) is 19.2. The van der Waals surface area contributed by atoms with Crippen molar-refractivity contribution in [1.82, 2.24) is 5.32 Å². The predicted octanol–water partition coefficient (Wildman–Crippen LogP) is 2.33. The second kappa shape index (κ2) is 5.82. The van der Waals surface area contributed by atoms with E-state index in [0.717, 1.165) is 12.1 Å². The van der Waals surface area contributed by atoms with Gasteiger partial charge in [0.05, 0.1) is 0 Å². The minimum atomic E-state index is -0.0205. The number of anilines is 1. The summed E-state index contributed by atoms with van der Waals surface area (Å²) in [5.74, 6) is -0.0205. The molecule has 1 unspecified atom stereocenters. The van der Waals surface area contributed by atoms with Gasteiger partial charge in [0.2, 0.25) is 5.91 Å². The zero-order valence-corrected chi connectivity index (χ0v) is 10.3. The summed E-state index contributed by atoms with van der Waals surface area (Å²) < 4.78 is 0. The SMILES string of the molecule is CC(=O)Nc1ccc(CCC2CCCN2)cc1. The fourth-order valence-electron chi connectivity index (χ4n) is 2.30. The first-order valence-electron chi connectivity index (χ1n) is 6.34. The van der Waals surface area contributed by atoms with Crippen LogP contribution >= 0.6 is 0 Å². The van der Waals surface area contributed by atoms with E-state index in [9.17, 15) is 4.79 Å². The Morgan fingerprint density at radius 1 is 1.41 bits per heavy atom. The van der Waals surface area contributed by atoms with Crippen LogP contribution in [0.5, 0.6) is 0 Å². The maximum absolute atomic E-state index is 10.9. The number of carbonyl (C=O) groups excluding carboxylic acids is 1. The fraction of sp³-hybridized carbons (Fsp3) is 0.500. The summed E-state index contributed by atoms with van der Waals surface area (Å²) in [5, 5.41) is 6.29. The van der Waals surface area contributed by atoms with E-state index in [4.69, 9.17) is 0 Å². The molecular weight excluding hydrogens is 212 g/mol. The van der Waals surface area contributed by atoms with Gasteiger partial charge < -0.3 is 10.6 Å². The molecule has 0 spiro atoms. The summed E-state index contributed by atoms with van der Waals surface area (Å²) in [7, 11) is 0. The Morgan fingerprint density at radius 2 is 2.18 bits per heavy atom. The molecule has 0 aliphatic carbocycles. The molecule has 17 heavy (non-hydrogen) atoms. The number of benzene rings is 1. The Kier molecular flexibility index (Phi) is 4.15. The zero-order valence-electron chi connectivity index (χ0n) is 10.3. The number of hydrogen-bond donors (Lipinski definition) is 2. The molecule has 3 nitrogen and oxygen atoms in total. The minimum absolute atomic E-state index is 0.0205. The van der Waals surface area contributed by atoms with Crippen LogP contribution in [-0.2, 0) is 11.2 Å². The highest BCUT2D eigenvalue weighted by Crippen LogP contribution is 2.15. The van der Waals surface area contributed by atoms with Crippen LogP contribution in [0.3, 0.4) is 0 Å². The van der Waals surface area contributed by atoms with E-state index < -0.39 is 0 Å². The molecule has 1 aromatic carbocycles. The number of nitrogens with one attached hydrogen (secondary N) is 2. The van der Waals surface area contributed by atoms with E-state index in [-0.39, 0.29) is 5.91 Å². The maximum Gasteiger partial charge on any atom is 0.221 e. The molecule has 1 aromatic rings. The zero-order chi connectivity index (χ0) is 12.1. The summed E-state index contributed by atoms with van der Waals surface area (Å²) in [4.78, 5) is 10.9. The lowest BCUT2D eigenvalue weighted by atomic mass is 10.0. The van der Waals surface area contributed by atoms with E-state index in [1.807, 2.05) is 12.1 Å². The molecule has 0 radical (unpaired) electrons. The van der Waals surface area contributed by atoms with Crippen LogP contribution in [0.25, 0.3) is 0 Å². The van der Waals surface area contributed by atoms with Gasteiger partial charge in [-0.25, -0.2) is 0 Å². The highest BCUT2D eigenvalue weighted by atomic mass is 16.1. The number of carbonyl (C=O) groups is 1. The third-order valence-electron chi connectivity index (χ3n) is 3.22. The molecule has 0 aromatic heterocycles. The Bertz CT molecular complexity index is 366. The average Bonchev–Trinajstić information content (AvgIpc) is 2.80. The molecule has 1 aliphatic rings.